The molecule has 0 radical (unpaired) electrons. The highest BCUT2D eigenvalue weighted by atomic mass is 16.1. The molecule has 2 N–H and O–H groups in total. The Morgan fingerprint density at radius 3 is 2.45 bits per heavy atom. The van der Waals surface area contributed by atoms with Gasteiger partial charge in [0.05, 0.1) is 0 Å². The number of carbonyl (C=O) groups is 1. The maximum absolute atomic E-state index is 11.9. The molecule has 2 unspecified atom stereocenters. The summed E-state index contributed by atoms with van der Waals surface area (Å²) in [7, 11) is 1.84. The minimum Gasteiger partial charge on any atom is -0.352 e. The minimum atomic E-state index is -0.0295. The Hall–Kier alpha value is -2.82. The van der Waals surface area contributed by atoms with Crippen molar-refractivity contribution in [2.24, 2.45) is 10.9 Å². The highest BCUT2D eigenvalue weighted by molar-refractivity contribution is 5.94. The third-order valence-electron chi connectivity index (χ3n) is 5.65. The van der Waals surface area contributed by atoms with Crippen molar-refractivity contribution in [3.63, 3.8) is 0 Å². The van der Waals surface area contributed by atoms with Gasteiger partial charge >= 0.3 is 0 Å². The first-order chi connectivity index (χ1) is 14.1. The third-order valence-corrected chi connectivity index (χ3v) is 5.65. The van der Waals surface area contributed by atoms with Crippen molar-refractivity contribution < 1.29 is 4.79 Å². The molecular formula is C24H32N4O. The molecule has 1 aliphatic rings. The van der Waals surface area contributed by atoms with Gasteiger partial charge < -0.3 is 15.5 Å². The first-order valence-corrected chi connectivity index (χ1v) is 10.5. The molecule has 2 aromatic carbocycles. The number of likely N-dealkylation sites (tertiary alicyclic amines) is 1. The molecule has 0 saturated carbocycles. The van der Waals surface area contributed by atoms with Crippen molar-refractivity contribution in [3.05, 3.63) is 71.3 Å². The molecule has 5 nitrogen and oxygen atoms in total. The molecule has 154 valence electrons. The van der Waals surface area contributed by atoms with Crippen molar-refractivity contribution in [1.29, 1.82) is 0 Å². The van der Waals surface area contributed by atoms with Gasteiger partial charge in [-0.15, -0.1) is 0 Å². The number of amides is 1. The number of rotatable bonds is 5. The number of hydrogen-bond acceptors (Lipinski definition) is 2. The number of nitrogens with one attached hydrogen (secondary N) is 2. The molecule has 3 rings (SSSR count). The second-order valence-corrected chi connectivity index (χ2v) is 7.69. The summed E-state index contributed by atoms with van der Waals surface area (Å²) in [6.07, 6.45) is 1.13. The zero-order chi connectivity index (χ0) is 20.6. The summed E-state index contributed by atoms with van der Waals surface area (Å²) >= 11 is 0. The predicted molar refractivity (Wildman–Crippen MR) is 119 cm³/mol. The highest BCUT2D eigenvalue weighted by Crippen LogP contribution is 2.32. The molecular weight excluding hydrogens is 360 g/mol. The molecule has 1 fully saturated rings. The van der Waals surface area contributed by atoms with E-state index in [4.69, 9.17) is 0 Å². The fraction of sp³-hybridized carbons (Fsp3) is 0.417. The zero-order valence-electron chi connectivity index (χ0n) is 17.7. The van der Waals surface area contributed by atoms with Gasteiger partial charge in [-0.1, -0.05) is 49.4 Å². The lowest BCUT2D eigenvalue weighted by Gasteiger charge is -2.39. The molecule has 29 heavy (non-hydrogen) atoms. The van der Waals surface area contributed by atoms with E-state index < -0.39 is 0 Å². The van der Waals surface area contributed by atoms with Crippen LogP contribution < -0.4 is 10.6 Å². The number of carbonyl (C=O) groups excluding carboxylic acids is 1. The Bertz CT molecular complexity index is 817. The quantitative estimate of drug-likeness (QED) is 0.603. The summed E-state index contributed by atoms with van der Waals surface area (Å²) in [5, 5.41) is 6.30. The van der Waals surface area contributed by atoms with Crippen LogP contribution in [0.3, 0.4) is 0 Å². The molecule has 1 saturated heterocycles. The van der Waals surface area contributed by atoms with E-state index in [2.05, 4.69) is 57.8 Å². The SMILES string of the molecule is CCNC(=O)c1ccc(CNC(=NC)N2CCC(c3ccccc3)C(C)C2)cc1. The molecule has 5 heteroatoms. The van der Waals surface area contributed by atoms with Gasteiger partial charge in [-0.05, 0) is 48.4 Å². The summed E-state index contributed by atoms with van der Waals surface area (Å²) in [6, 6.07) is 18.6. The highest BCUT2D eigenvalue weighted by Gasteiger charge is 2.28. The lowest BCUT2D eigenvalue weighted by molar-refractivity contribution is 0.0956. The summed E-state index contributed by atoms with van der Waals surface area (Å²) in [4.78, 5) is 18.7. The maximum Gasteiger partial charge on any atom is 0.251 e. The van der Waals surface area contributed by atoms with Crippen LogP contribution in [0.1, 0.15) is 47.7 Å². The van der Waals surface area contributed by atoms with Crippen LogP contribution in [0.2, 0.25) is 0 Å². The first-order valence-electron chi connectivity index (χ1n) is 10.5. The van der Waals surface area contributed by atoms with Crippen molar-refractivity contribution in [2.75, 3.05) is 26.7 Å². The molecule has 0 bridgehead atoms. The van der Waals surface area contributed by atoms with Crippen molar-refractivity contribution >= 4 is 11.9 Å². The number of benzene rings is 2. The maximum atomic E-state index is 11.9. The van der Waals surface area contributed by atoms with Gasteiger partial charge in [0.1, 0.15) is 0 Å². The smallest absolute Gasteiger partial charge is 0.251 e. The lowest BCUT2D eigenvalue weighted by Crippen LogP contribution is -2.47. The van der Waals surface area contributed by atoms with Crippen molar-refractivity contribution in [1.82, 2.24) is 15.5 Å². The Morgan fingerprint density at radius 2 is 1.83 bits per heavy atom. The van der Waals surface area contributed by atoms with Crippen LogP contribution in [0.15, 0.2) is 59.6 Å². The normalized spacial score (nSPS) is 19.7. The summed E-state index contributed by atoms with van der Waals surface area (Å²) in [5.41, 5.74) is 3.26. The van der Waals surface area contributed by atoms with Crippen LogP contribution in [0.25, 0.3) is 0 Å². The van der Waals surface area contributed by atoms with E-state index in [1.54, 1.807) is 0 Å². The average molecular weight is 393 g/mol. The molecule has 1 heterocycles. The summed E-state index contributed by atoms with van der Waals surface area (Å²) < 4.78 is 0. The van der Waals surface area contributed by atoms with E-state index in [-0.39, 0.29) is 5.91 Å². The number of piperidine rings is 1. The van der Waals surface area contributed by atoms with Gasteiger partial charge in [-0.25, -0.2) is 0 Å². The Balaban J connectivity index is 1.55. The van der Waals surface area contributed by atoms with Gasteiger partial charge in [0, 0.05) is 38.8 Å². The van der Waals surface area contributed by atoms with Crippen LogP contribution in [-0.2, 0) is 6.54 Å². The molecule has 1 aliphatic heterocycles. The summed E-state index contributed by atoms with van der Waals surface area (Å²) in [5.74, 6) is 2.09. The third kappa shape index (κ3) is 5.37. The van der Waals surface area contributed by atoms with Crippen molar-refractivity contribution in [3.8, 4) is 0 Å². The zero-order valence-corrected chi connectivity index (χ0v) is 17.7. The fourth-order valence-corrected chi connectivity index (χ4v) is 4.08. The molecule has 0 spiro atoms. The van der Waals surface area contributed by atoms with E-state index >= 15 is 0 Å². The van der Waals surface area contributed by atoms with Crippen LogP contribution in [-0.4, -0.2) is 43.4 Å². The van der Waals surface area contributed by atoms with Gasteiger partial charge in [0.25, 0.3) is 5.91 Å². The topological polar surface area (TPSA) is 56.7 Å². The molecule has 2 aromatic rings. The number of guanidine groups is 1. The van der Waals surface area contributed by atoms with E-state index in [1.807, 2.05) is 38.2 Å². The number of aliphatic imine (C=N–C) groups is 1. The molecule has 0 aliphatic carbocycles. The molecule has 1 amide bonds. The van der Waals surface area contributed by atoms with Crippen LogP contribution in [0.4, 0.5) is 0 Å². The average Bonchev–Trinajstić information content (AvgIpc) is 2.75. The van der Waals surface area contributed by atoms with Crippen LogP contribution >= 0.6 is 0 Å². The van der Waals surface area contributed by atoms with E-state index in [9.17, 15) is 4.79 Å². The van der Waals surface area contributed by atoms with E-state index in [1.165, 1.54) is 5.56 Å². The first kappa shape index (κ1) is 20.9. The largest absolute Gasteiger partial charge is 0.352 e. The second-order valence-electron chi connectivity index (χ2n) is 7.69. The standard InChI is InChI=1S/C24H32N4O/c1-4-26-23(29)21-12-10-19(11-13-21)16-27-24(25-3)28-15-14-22(18(2)17-28)20-8-6-5-7-9-20/h5-13,18,22H,4,14-17H2,1-3H3,(H,25,27)(H,26,29). The Labute approximate surface area is 174 Å². The molecule has 2 atom stereocenters. The van der Waals surface area contributed by atoms with E-state index in [0.29, 0.717) is 30.5 Å². The Kier molecular flexibility index (Phi) is 7.28. The monoisotopic (exact) mass is 392 g/mol. The fourth-order valence-electron chi connectivity index (χ4n) is 4.08. The number of hydrogen-bond donors (Lipinski definition) is 2. The predicted octanol–water partition coefficient (Wildman–Crippen LogP) is 3.64. The van der Waals surface area contributed by atoms with E-state index in [0.717, 1.165) is 31.0 Å². The van der Waals surface area contributed by atoms with Crippen molar-refractivity contribution in [2.45, 2.75) is 32.7 Å². The molecule has 0 aromatic heterocycles. The lowest BCUT2D eigenvalue weighted by atomic mass is 9.82. The second kappa shape index (κ2) is 10.1. The van der Waals surface area contributed by atoms with Crippen LogP contribution in [0.5, 0.6) is 0 Å². The summed E-state index contributed by atoms with van der Waals surface area (Å²) in [6.45, 7) is 7.57. The van der Waals surface area contributed by atoms with Gasteiger partial charge in [-0.3, -0.25) is 9.79 Å². The van der Waals surface area contributed by atoms with Crippen LogP contribution in [0, 0.1) is 5.92 Å². The van der Waals surface area contributed by atoms with Gasteiger partial charge in [-0.2, -0.15) is 0 Å². The number of nitrogens with zero attached hydrogens (tertiary/aromatic N) is 2. The van der Waals surface area contributed by atoms with Gasteiger partial charge in [0.2, 0.25) is 0 Å². The minimum absolute atomic E-state index is 0.0295. The van der Waals surface area contributed by atoms with Gasteiger partial charge in [0.15, 0.2) is 5.96 Å². The Morgan fingerprint density at radius 1 is 1.10 bits per heavy atom.